The van der Waals surface area contributed by atoms with Gasteiger partial charge in [-0.25, -0.2) is 4.98 Å². The summed E-state index contributed by atoms with van der Waals surface area (Å²) in [6, 6.07) is 3.66. The van der Waals surface area contributed by atoms with Crippen molar-refractivity contribution >= 4 is 11.7 Å². The molecule has 106 valence electrons. The van der Waals surface area contributed by atoms with Crippen molar-refractivity contribution in [2.75, 3.05) is 18.4 Å². The van der Waals surface area contributed by atoms with E-state index in [1.165, 1.54) is 19.3 Å². The van der Waals surface area contributed by atoms with Gasteiger partial charge in [-0.3, -0.25) is 4.79 Å². The summed E-state index contributed by atoms with van der Waals surface area (Å²) in [6.45, 7) is 5.93. The highest BCUT2D eigenvalue weighted by Gasteiger charge is 2.04. The molecule has 0 spiro atoms. The van der Waals surface area contributed by atoms with Gasteiger partial charge in [0.25, 0.3) is 5.91 Å². The van der Waals surface area contributed by atoms with Gasteiger partial charge >= 0.3 is 0 Å². The van der Waals surface area contributed by atoms with Crippen LogP contribution in [0, 0.1) is 0 Å². The van der Waals surface area contributed by atoms with Crippen molar-refractivity contribution in [2.45, 2.75) is 46.0 Å². The predicted octanol–water partition coefficient (Wildman–Crippen LogP) is 3.21. The number of carbonyl (C=O) groups is 1. The third kappa shape index (κ3) is 6.22. The second kappa shape index (κ2) is 9.36. The number of hydrogen-bond acceptors (Lipinski definition) is 3. The van der Waals surface area contributed by atoms with Crippen molar-refractivity contribution < 1.29 is 4.79 Å². The summed E-state index contributed by atoms with van der Waals surface area (Å²) < 4.78 is 0. The number of aromatic nitrogens is 1. The number of amides is 1. The lowest BCUT2D eigenvalue weighted by Crippen LogP contribution is -2.24. The number of nitrogens with one attached hydrogen (secondary N) is 2. The first kappa shape index (κ1) is 15.5. The summed E-state index contributed by atoms with van der Waals surface area (Å²) >= 11 is 0. The van der Waals surface area contributed by atoms with Gasteiger partial charge in [0.2, 0.25) is 0 Å². The minimum Gasteiger partial charge on any atom is -0.370 e. The van der Waals surface area contributed by atoms with Crippen molar-refractivity contribution in [1.82, 2.24) is 10.3 Å². The lowest BCUT2D eigenvalue weighted by molar-refractivity contribution is 0.0952. The maximum atomic E-state index is 11.8. The van der Waals surface area contributed by atoms with Gasteiger partial charge < -0.3 is 10.6 Å². The molecule has 0 unspecified atom stereocenters. The van der Waals surface area contributed by atoms with E-state index < -0.39 is 0 Å². The standard InChI is InChI=1S/C15H25N3O/c1-3-5-6-7-11-17-15(19)13-8-9-14(18-12-13)16-10-4-2/h8-9,12H,3-7,10-11H2,1-2H3,(H,16,18)(H,17,19). The van der Waals surface area contributed by atoms with Crippen LogP contribution in [0.25, 0.3) is 0 Å². The van der Waals surface area contributed by atoms with E-state index in [1.807, 2.05) is 12.1 Å². The van der Waals surface area contributed by atoms with E-state index in [0.717, 1.165) is 31.7 Å². The number of pyridine rings is 1. The highest BCUT2D eigenvalue weighted by molar-refractivity contribution is 5.93. The fraction of sp³-hybridized carbons (Fsp3) is 0.600. The zero-order valence-corrected chi connectivity index (χ0v) is 12.0. The van der Waals surface area contributed by atoms with Crippen LogP contribution >= 0.6 is 0 Å². The molecule has 0 aliphatic rings. The number of rotatable bonds is 9. The summed E-state index contributed by atoms with van der Waals surface area (Å²) in [5.74, 6) is 0.785. The molecule has 1 heterocycles. The van der Waals surface area contributed by atoms with E-state index in [0.29, 0.717) is 5.56 Å². The Morgan fingerprint density at radius 1 is 1.11 bits per heavy atom. The Morgan fingerprint density at radius 2 is 1.95 bits per heavy atom. The van der Waals surface area contributed by atoms with Crippen LogP contribution in [0.1, 0.15) is 56.3 Å². The molecule has 1 aromatic rings. The topological polar surface area (TPSA) is 54.0 Å². The van der Waals surface area contributed by atoms with Crippen molar-refractivity contribution in [2.24, 2.45) is 0 Å². The van der Waals surface area contributed by atoms with E-state index in [-0.39, 0.29) is 5.91 Å². The highest BCUT2D eigenvalue weighted by atomic mass is 16.1. The van der Waals surface area contributed by atoms with Crippen LogP contribution in [0.2, 0.25) is 0 Å². The maximum Gasteiger partial charge on any atom is 0.252 e. The lowest BCUT2D eigenvalue weighted by Gasteiger charge is -2.06. The molecule has 4 heteroatoms. The van der Waals surface area contributed by atoms with Gasteiger partial charge in [-0.15, -0.1) is 0 Å². The minimum atomic E-state index is -0.0361. The molecule has 1 amide bonds. The van der Waals surface area contributed by atoms with Crippen LogP contribution in [-0.2, 0) is 0 Å². The van der Waals surface area contributed by atoms with E-state index in [9.17, 15) is 4.79 Å². The third-order valence-electron chi connectivity index (χ3n) is 2.90. The van der Waals surface area contributed by atoms with E-state index in [4.69, 9.17) is 0 Å². The molecular weight excluding hydrogens is 238 g/mol. The second-order valence-corrected chi connectivity index (χ2v) is 4.68. The van der Waals surface area contributed by atoms with Crippen molar-refractivity contribution in [3.63, 3.8) is 0 Å². The Kier molecular flexibility index (Phi) is 7.63. The first-order chi connectivity index (χ1) is 9.27. The van der Waals surface area contributed by atoms with E-state index in [1.54, 1.807) is 6.20 Å². The van der Waals surface area contributed by atoms with Crippen molar-refractivity contribution in [3.05, 3.63) is 23.9 Å². The Labute approximate surface area is 116 Å². The molecule has 0 radical (unpaired) electrons. The van der Waals surface area contributed by atoms with Crippen molar-refractivity contribution in [1.29, 1.82) is 0 Å². The van der Waals surface area contributed by atoms with Gasteiger partial charge in [-0.2, -0.15) is 0 Å². The van der Waals surface area contributed by atoms with E-state index >= 15 is 0 Å². The average molecular weight is 263 g/mol. The first-order valence-corrected chi connectivity index (χ1v) is 7.26. The smallest absolute Gasteiger partial charge is 0.252 e. The van der Waals surface area contributed by atoms with Crippen LogP contribution in [0.15, 0.2) is 18.3 Å². The summed E-state index contributed by atoms with van der Waals surface area (Å²) in [4.78, 5) is 16.1. The Morgan fingerprint density at radius 3 is 2.58 bits per heavy atom. The maximum absolute atomic E-state index is 11.8. The molecule has 1 rings (SSSR count). The minimum absolute atomic E-state index is 0.0361. The zero-order valence-electron chi connectivity index (χ0n) is 12.0. The Hall–Kier alpha value is -1.58. The molecule has 0 fully saturated rings. The lowest BCUT2D eigenvalue weighted by atomic mass is 10.2. The average Bonchev–Trinajstić information content (AvgIpc) is 2.45. The normalized spacial score (nSPS) is 10.2. The van der Waals surface area contributed by atoms with E-state index in [2.05, 4.69) is 29.5 Å². The van der Waals surface area contributed by atoms with Crippen LogP contribution in [-0.4, -0.2) is 24.0 Å². The molecule has 0 aromatic carbocycles. The number of unbranched alkanes of at least 4 members (excludes halogenated alkanes) is 3. The summed E-state index contributed by atoms with van der Waals surface area (Å²) in [6.07, 6.45) is 7.35. The van der Waals surface area contributed by atoms with Gasteiger partial charge in [0, 0.05) is 19.3 Å². The SMILES string of the molecule is CCCCCCNC(=O)c1ccc(NCCC)nc1. The number of carbonyl (C=O) groups excluding carboxylic acids is 1. The fourth-order valence-electron chi connectivity index (χ4n) is 1.74. The molecule has 0 saturated heterocycles. The molecule has 19 heavy (non-hydrogen) atoms. The Balaban J connectivity index is 2.32. The number of nitrogens with zero attached hydrogens (tertiary/aromatic N) is 1. The second-order valence-electron chi connectivity index (χ2n) is 4.68. The molecule has 0 atom stereocenters. The van der Waals surface area contributed by atoms with Gasteiger partial charge in [0.05, 0.1) is 5.56 Å². The fourth-order valence-corrected chi connectivity index (χ4v) is 1.74. The summed E-state index contributed by atoms with van der Waals surface area (Å²) in [7, 11) is 0. The largest absolute Gasteiger partial charge is 0.370 e. The summed E-state index contributed by atoms with van der Waals surface area (Å²) in [5.41, 5.74) is 0.623. The quantitative estimate of drug-likeness (QED) is 0.673. The zero-order chi connectivity index (χ0) is 13.9. The van der Waals surface area contributed by atoms with Crippen LogP contribution in [0.3, 0.4) is 0 Å². The van der Waals surface area contributed by atoms with Gasteiger partial charge in [-0.05, 0) is 25.0 Å². The Bertz CT molecular complexity index is 362. The predicted molar refractivity (Wildman–Crippen MR) is 79.5 cm³/mol. The molecular formula is C15H25N3O. The highest BCUT2D eigenvalue weighted by Crippen LogP contribution is 2.05. The van der Waals surface area contributed by atoms with Gasteiger partial charge in [0.15, 0.2) is 0 Å². The molecule has 0 saturated carbocycles. The van der Waals surface area contributed by atoms with Gasteiger partial charge in [-0.1, -0.05) is 33.1 Å². The summed E-state index contributed by atoms with van der Waals surface area (Å²) in [5, 5.41) is 6.11. The molecule has 0 bridgehead atoms. The molecule has 0 aliphatic carbocycles. The number of hydrogen-bond donors (Lipinski definition) is 2. The number of anilines is 1. The molecule has 0 aliphatic heterocycles. The third-order valence-corrected chi connectivity index (χ3v) is 2.90. The molecule has 2 N–H and O–H groups in total. The molecule has 1 aromatic heterocycles. The van der Waals surface area contributed by atoms with Crippen LogP contribution in [0.5, 0.6) is 0 Å². The van der Waals surface area contributed by atoms with Crippen LogP contribution < -0.4 is 10.6 Å². The van der Waals surface area contributed by atoms with Crippen LogP contribution in [0.4, 0.5) is 5.82 Å². The first-order valence-electron chi connectivity index (χ1n) is 7.26. The van der Waals surface area contributed by atoms with Gasteiger partial charge in [0.1, 0.15) is 5.82 Å². The molecule has 4 nitrogen and oxygen atoms in total. The monoisotopic (exact) mass is 263 g/mol. The van der Waals surface area contributed by atoms with Crippen molar-refractivity contribution in [3.8, 4) is 0 Å².